The SMILES string of the molecule is COCC(CNc1nc2ccc(OC)cc2s1)OC. The van der Waals surface area contributed by atoms with Crippen LogP contribution >= 0.6 is 11.3 Å². The van der Waals surface area contributed by atoms with Crippen molar-refractivity contribution in [2.45, 2.75) is 6.10 Å². The molecule has 0 aliphatic rings. The molecule has 0 saturated carbocycles. The molecule has 1 aromatic heterocycles. The Bertz CT molecular complexity index is 530. The van der Waals surface area contributed by atoms with E-state index in [1.165, 1.54) is 0 Å². The second kappa shape index (κ2) is 6.70. The molecule has 0 bridgehead atoms. The summed E-state index contributed by atoms with van der Waals surface area (Å²) in [6.45, 7) is 1.23. The highest BCUT2D eigenvalue weighted by molar-refractivity contribution is 7.22. The van der Waals surface area contributed by atoms with Gasteiger partial charge in [0.1, 0.15) is 5.75 Å². The number of aromatic nitrogens is 1. The van der Waals surface area contributed by atoms with Crippen LogP contribution < -0.4 is 10.1 Å². The number of hydrogen-bond acceptors (Lipinski definition) is 6. The fraction of sp³-hybridized carbons (Fsp3) is 0.462. The van der Waals surface area contributed by atoms with E-state index >= 15 is 0 Å². The molecule has 0 saturated heterocycles. The zero-order valence-corrected chi connectivity index (χ0v) is 12.1. The van der Waals surface area contributed by atoms with Gasteiger partial charge in [-0.1, -0.05) is 11.3 Å². The third-order valence-electron chi connectivity index (χ3n) is 2.76. The van der Waals surface area contributed by atoms with Crippen LogP contribution in [0.15, 0.2) is 18.2 Å². The van der Waals surface area contributed by atoms with E-state index < -0.39 is 0 Å². The van der Waals surface area contributed by atoms with Crippen LogP contribution in [0.4, 0.5) is 5.13 Å². The highest BCUT2D eigenvalue weighted by Gasteiger charge is 2.09. The molecule has 1 heterocycles. The van der Waals surface area contributed by atoms with Crippen LogP contribution in [-0.2, 0) is 9.47 Å². The Labute approximate surface area is 116 Å². The van der Waals surface area contributed by atoms with Crippen LogP contribution in [0.1, 0.15) is 0 Å². The zero-order valence-electron chi connectivity index (χ0n) is 11.3. The molecule has 0 amide bonds. The third kappa shape index (κ3) is 3.56. The summed E-state index contributed by atoms with van der Waals surface area (Å²) in [5, 5.41) is 4.15. The van der Waals surface area contributed by atoms with Gasteiger partial charge in [-0.3, -0.25) is 0 Å². The highest BCUT2D eigenvalue weighted by atomic mass is 32.1. The number of thiazole rings is 1. The first-order valence-electron chi connectivity index (χ1n) is 5.97. The molecule has 1 unspecified atom stereocenters. The van der Waals surface area contributed by atoms with E-state index in [-0.39, 0.29) is 6.10 Å². The predicted molar refractivity (Wildman–Crippen MR) is 77.3 cm³/mol. The Hall–Kier alpha value is -1.37. The second-order valence-electron chi connectivity index (χ2n) is 4.05. The number of rotatable bonds is 7. The lowest BCUT2D eigenvalue weighted by atomic mass is 10.3. The summed E-state index contributed by atoms with van der Waals surface area (Å²) >= 11 is 1.60. The van der Waals surface area contributed by atoms with Gasteiger partial charge in [0.15, 0.2) is 5.13 Å². The molecule has 5 nitrogen and oxygen atoms in total. The van der Waals surface area contributed by atoms with Crippen molar-refractivity contribution in [1.29, 1.82) is 0 Å². The number of methoxy groups -OCH3 is 3. The van der Waals surface area contributed by atoms with Crippen molar-refractivity contribution >= 4 is 26.7 Å². The zero-order chi connectivity index (χ0) is 13.7. The lowest BCUT2D eigenvalue weighted by Crippen LogP contribution is -2.26. The number of nitrogens with one attached hydrogen (secondary N) is 1. The number of anilines is 1. The molecular weight excluding hydrogens is 264 g/mol. The molecule has 2 aromatic rings. The molecule has 6 heteroatoms. The molecule has 1 atom stereocenters. The summed E-state index contributed by atoms with van der Waals surface area (Å²) in [4.78, 5) is 4.51. The van der Waals surface area contributed by atoms with Crippen LogP contribution in [0, 0.1) is 0 Å². The molecular formula is C13H18N2O3S. The number of nitrogens with zero attached hydrogens (tertiary/aromatic N) is 1. The summed E-state index contributed by atoms with van der Waals surface area (Å²) in [5.41, 5.74) is 0.967. The van der Waals surface area contributed by atoms with Gasteiger partial charge in [0, 0.05) is 20.8 Å². The van der Waals surface area contributed by atoms with Crippen molar-refractivity contribution in [2.24, 2.45) is 0 Å². The van der Waals surface area contributed by atoms with Gasteiger partial charge < -0.3 is 19.5 Å². The molecule has 0 spiro atoms. The van der Waals surface area contributed by atoms with E-state index in [1.54, 1.807) is 32.7 Å². The minimum Gasteiger partial charge on any atom is -0.497 e. The van der Waals surface area contributed by atoms with Crippen LogP contribution in [0.25, 0.3) is 10.2 Å². The summed E-state index contributed by atoms with van der Waals surface area (Å²) in [5.74, 6) is 0.844. The van der Waals surface area contributed by atoms with Crippen LogP contribution in [0.5, 0.6) is 5.75 Å². The fourth-order valence-corrected chi connectivity index (χ4v) is 2.61. The molecule has 19 heavy (non-hydrogen) atoms. The van der Waals surface area contributed by atoms with E-state index in [2.05, 4.69) is 10.3 Å². The first kappa shape index (κ1) is 14.0. The van der Waals surface area contributed by atoms with Crippen LogP contribution in [0.3, 0.4) is 0 Å². The van der Waals surface area contributed by atoms with Crippen molar-refractivity contribution < 1.29 is 14.2 Å². The Morgan fingerprint density at radius 2 is 2.16 bits per heavy atom. The van der Waals surface area contributed by atoms with Crippen molar-refractivity contribution in [1.82, 2.24) is 4.98 Å². The molecule has 0 fully saturated rings. The molecule has 104 valence electrons. The lowest BCUT2D eigenvalue weighted by Gasteiger charge is -2.14. The summed E-state index contributed by atoms with van der Waals surface area (Å²) < 4.78 is 16.7. The quantitative estimate of drug-likeness (QED) is 0.845. The number of fused-ring (bicyclic) bond motifs is 1. The van der Waals surface area contributed by atoms with Gasteiger partial charge in [0.2, 0.25) is 0 Å². The molecule has 0 radical (unpaired) electrons. The van der Waals surface area contributed by atoms with Gasteiger partial charge >= 0.3 is 0 Å². The van der Waals surface area contributed by atoms with Gasteiger partial charge in [-0.15, -0.1) is 0 Å². The van der Waals surface area contributed by atoms with Gasteiger partial charge in [0.25, 0.3) is 0 Å². The van der Waals surface area contributed by atoms with Crippen molar-refractivity contribution in [3.63, 3.8) is 0 Å². The molecule has 0 aliphatic heterocycles. The molecule has 2 rings (SSSR count). The van der Waals surface area contributed by atoms with Gasteiger partial charge in [-0.05, 0) is 18.2 Å². The smallest absolute Gasteiger partial charge is 0.183 e. The van der Waals surface area contributed by atoms with E-state index in [1.807, 2.05) is 18.2 Å². The Kier molecular flexibility index (Phi) is 4.95. The van der Waals surface area contributed by atoms with Gasteiger partial charge in [0.05, 0.1) is 30.0 Å². The van der Waals surface area contributed by atoms with Crippen molar-refractivity contribution in [3.8, 4) is 5.75 Å². The normalized spacial score (nSPS) is 12.6. The molecule has 0 aliphatic carbocycles. The third-order valence-corrected chi connectivity index (χ3v) is 3.74. The Morgan fingerprint density at radius 1 is 1.32 bits per heavy atom. The first-order valence-corrected chi connectivity index (χ1v) is 6.78. The molecule has 1 aromatic carbocycles. The number of ether oxygens (including phenoxy) is 3. The van der Waals surface area contributed by atoms with E-state index in [0.29, 0.717) is 13.2 Å². The Balaban J connectivity index is 2.04. The maximum Gasteiger partial charge on any atom is 0.183 e. The maximum absolute atomic E-state index is 5.29. The van der Waals surface area contributed by atoms with E-state index in [0.717, 1.165) is 21.1 Å². The maximum atomic E-state index is 5.29. The number of benzene rings is 1. The summed E-state index contributed by atoms with van der Waals surface area (Å²) in [6, 6.07) is 5.86. The fourth-order valence-electron chi connectivity index (χ4n) is 1.70. The van der Waals surface area contributed by atoms with Crippen LogP contribution in [-0.4, -0.2) is 45.6 Å². The lowest BCUT2D eigenvalue weighted by molar-refractivity contribution is 0.0365. The topological polar surface area (TPSA) is 52.6 Å². The van der Waals surface area contributed by atoms with E-state index in [4.69, 9.17) is 14.2 Å². The number of hydrogen-bond donors (Lipinski definition) is 1. The minimum atomic E-state index is 0.0200. The van der Waals surface area contributed by atoms with Gasteiger partial charge in [-0.25, -0.2) is 4.98 Å². The van der Waals surface area contributed by atoms with Crippen molar-refractivity contribution in [3.05, 3.63) is 18.2 Å². The average molecular weight is 282 g/mol. The second-order valence-corrected chi connectivity index (χ2v) is 5.08. The average Bonchev–Trinajstić information content (AvgIpc) is 2.84. The van der Waals surface area contributed by atoms with E-state index in [9.17, 15) is 0 Å². The van der Waals surface area contributed by atoms with Crippen LogP contribution in [0.2, 0.25) is 0 Å². The van der Waals surface area contributed by atoms with Gasteiger partial charge in [-0.2, -0.15) is 0 Å². The highest BCUT2D eigenvalue weighted by Crippen LogP contribution is 2.29. The monoisotopic (exact) mass is 282 g/mol. The molecule has 1 N–H and O–H groups in total. The largest absolute Gasteiger partial charge is 0.497 e. The summed E-state index contributed by atoms with van der Waals surface area (Å²) in [6.07, 6.45) is 0.0200. The van der Waals surface area contributed by atoms with Crippen molar-refractivity contribution in [2.75, 3.05) is 39.8 Å². The first-order chi connectivity index (χ1) is 9.26. The summed E-state index contributed by atoms with van der Waals surface area (Å²) in [7, 11) is 5.00. The minimum absolute atomic E-state index is 0.0200. The predicted octanol–water partition coefficient (Wildman–Crippen LogP) is 2.38. The Morgan fingerprint density at radius 3 is 2.84 bits per heavy atom. The standard InChI is InChI=1S/C13H18N2O3S/c1-16-8-10(18-3)7-14-13-15-11-5-4-9(17-2)6-12(11)19-13/h4-6,10H,7-8H2,1-3H3,(H,14,15).